The Labute approximate surface area is 521 Å². The summed E-state index contributed by atoms with van der Waals surface area (Å²) < 4.78 is 55.8. The smallest absolute Gasteiger partial charge is 0.166 e. The van der Waals surface area contributed by atoms with Gasteiger partial charge in [0.25, 0.3) is 0 Å². The summed E-state index contributed by atoms with van der Waals surface area (Å²) in [5, 5.41) is 0. The van der Waals surface area contributed by atoms with Crippen LogP contribution in [0.15, 0.2) is 123 Å². The van der Waals surface area contributed by atoms with Crippen molar-refractivity contribution in [3.63, 3.8) is 0 Å². The number of rotatable bonds is 11. The van der Waals surface area contributed by atoms with Crippen molar-refractivity contribution < 1.29 is 50.3 Å². The average Bonchev–Trinajstić information content (AvgIpc) is 3.58. The van der Waals surface area contributed by atoms with E-state index >= 15 is 0 Å². The van der Waals surface area contributed by atoms with Gasteiger partial charge in [-0.3, -0.25) is 0 Å². The Balaban J connectivity index is 0.000000159. The molecule has 0 spiro atoms. The summed E-state index contributed by atoms with van der Waals surface area (Å²) in [4.78, 5) is 0. The fourth-order valence-corrected chi connectivity index (χ4v) is 16.3. The third-order valence-corrected chi connectivity index (χ3v) is 22.1. The van der Waals surface area contributed by atoms with Crippen LogP contribution in [-0.4, -0.2) is 0 Å². The quantitative estimate of drug-likeness (QED) is 0.0798. The first-order valence-electron chi connectivity index (χ1n) is 32.8. The van der Waals surface area contributed by atoms with Crippen molar-refractivity contribution in [3.8, 4) is 11.1 Å². The molecule has 443 valence electrons. The Morgan fingerprint density at radius 1 is 0.354 bits per heavy atom. The van der Waals surface area contributed by atoms with Crippen LogP contribution in [0.3, 0.4) is 0 Å². The standard InChI is InChI=1S/C21H28F2.C21H22F2.C20H27.C15H26.Y/c2*1-3-15-5-7-16(8-6-15)17-9-11-18(12-10-17)19-13-4-14(2)20(22)21(19)23;1-2-16-8-10-18(11-9-16)20-14-12-19(13-15-20)17-6-4-3-5-7-17;1-3-13-6-10-15(11-7-13)14-8-4-12(2)5-9-14;/h3-4,13,15-18H,1,5-12H2,2H3;3-4,9-13,15-16H,1,5-8H2,2H3;2,4-7,16,18-20H,1,8-15H2;3,12-15H,1,4-11H2,2H3;/q;;-1;;. The summed E-state index contributed by atoms with van der Waals surface area (Å²) in [6.45, 7) is 21.3. The molecule has 82 heavy (non-hydrogen) atoms. The molecule has 7 saturated carbocycles. The Morgan fingerprint density at radius 3 is 1.07 bits per heavy atom. The summed E-state index contributed by atoms with van der Waals surface area (Å²) in [7, 11) is 0. The van der Waals surface area contributed by atoms with E-state index in [0.717, 1.165) is 77.6 Å². The van der Waals surface area contributed by atoms with Crippen LogP contribution in [0.5, 0.6) is 0 Å². The van der Waals surface area contributed by atoms with E-state index in [1.807, 2.05) is 12.1 Å². The Kier molecular flexibility index (Phi) is 27.1. The third kappa shape index (κ3) is 18.3. The minimum Gasteiger partial charge on any atom is -0.203 e. The average molecular weight is 1190 g/mol. The van der Waals surface area contributed by atoms with Crippen molar-refractivity contribution in [2.75, 3.05) is 0 Å². The van der Waals surface area contributed by atoms with Gasteiger partial charge in [0.15, 0.2) is 23.3 Å². The van der Waals surface area contributed by atoms with Gasteiger partial charge < -0.3 is 0 Å². The second-order valence-electron chi connectivity index (χ2n) is 26.9. The molecular formula is C77H103F4Y-. The molecule has 0 aliphatic heterocycles. The maximum absolute atomic E-state index is 14.2. The molecule has 5 heteroatoms. The fourth-order valence-electron chi connectivity index (χ4n) is 16.3. The van der Waals surface area contributed by atoms with E-state index in [9.17, 15) is 17.6 Å². The van der Waals surface area contributed by atoms with Gasteiger partial charge in [0.05, 0.1) is 0 Å². The number of benzene rings is 4. The zero-order chi connectivity index (χ0) is 57.3. The number of hydrogen-bond acceptors (Lipinski definition) is 0. The van der Waals surface area contributed by atoms with E-state index in [1.165, 1.54) is 178 Å². The van der Waals surface area contributed by atoms with Gasteiger partial charge in [-0.15, -0.1) is 26.3 Å². The van der Waals surface area contributed by atoms with Crippen molar-refractivity contribution in [2.24, 2.45) is 65.1 Å². The first-order valence-corrected chi connectivity index (χ1v) is 32.8. The first kappa shape index (κ1) is 66.2. The summed E-state index contributed by atoms with van der Waals surface area (Å²) in [6.07, 6.45) is 46.0. The van der Waals surface area contributed by atoms with Gasteiger partial charge in [-0.2, -0.15) is 35.9 Å². The van der Waals surface area contributed by atoms with E-state index < -0.39 is 23.3 Å². The van der Waals surface area contributed by atoms with Crippen molar-refractivity contribution >= 4 is 0 Å². The summed E-state index contributed by atoms with van der Waals surface area (Å²) in [6, 6.07) is 26.5. The van der Waals surface area contributed by atoms with Crippen LogP contribution in [0, 0.1) is 108 Å². The number of halogens is 4. The topological polar surface area (TPSA) is 0 Å². The molecule has 0 aromatic heterocycles. The zero-order valence-electron chi connectivity index (χ0n) is 51.0. The van der Waals surface area contributed by atoms with Crippen LogP contribution in [0.1, 0.15) is 232 Å². The summed E-state index contributed by atoms with van der Waals surface area (Å²) in [5.74, 6) is 8.59. The van der Waals surface area contributed by atoms with Gasteiger partial charge in [0, 0.05) is 38.3 Å². The number of hydrogen-bond donors (Lipinski definition) is 0. The second-order valence-corrected chi connectivity index (χ2v) is 26.9. The van der Waals surface area contributed by atoms with E-state index in [2.05, 4.69) is 100 Å². The molecular weight excluding hydrogens is 1090 g/mol. The van der Waals surface area contributed by atoms with Gasteiger partial charge in [-0.1, -0.05) is 92.6 Å². The van der Waals surface area contributed by atoms with E-state index in [4.69, 9.17) is 0 Å². The van der Waals surface area contributed by atoms with Crippen molar-refractivity contribution in [2.45, 2.75) is 218 Å². The summed E-state index contributed by atoms with van der Waals surface area (Å²) >= 11 is 0. The van der Waals surface area contributed by atoms with Gasteiger partial charge in [0.1, 0.15) is 0 Å². The third-order valence-electron chi connectivity index (χ3n) is 22.1. The molecule has 11 rings (SSSR count). The zero-order valence-corrected chi connectivity index (χ0v) is 53.9. The van der Waals surface area contributed by atoms with Gasteiger partial charge in [-0.25, -0.2) is 17.6 Å². The number of aryl methyl sites for hydroxylation is 2. The Morgan fingerprint density at radius 2 is 0.671 bits per heavy atom. The second kappa shape index (κ2) is 33.5. The summed E-state index contributed by atoms with van der Waals surface area (Å²) in [5.41, 5.74) is 5.23. The molecule has 0 unspecified atom stereocenters. The normalized spacial score (nSPS) is 31.1. The van der Waals surface area contributed by atoms with Gasteiger partial charge in [0.2, 0.25) is 0 Å². The van der Waals surface area contributed by atoms with Crippen molar-refractivity contribution in [1.82, 2.24) is 0 Å². The first-order chi connectivity index (χ1) is 39.3. The Bertz CT molecular complexity index is 2530. The minimum absolute atomic E-state index is 0. The van der Waals surface area contributed by atoms with E-state index in [0.29, 0.717) is 40.0 Å². The van der Waals surface area contributed by atoms with Crippen LogP contribution in [0.4, 0.5) is 17.6 Å². The molecule has 0 N–H and O–H groups in total. The molecule has 0 saturated heterocycles. The van der Waals surface area contributed by atoms with Crippen LogP contribution in [-0.2, 0) is 32.7 Å². The maximum Gasteiger partial charge on any atom is 0.166 e. The van der Waals surface area contributed by atoms with Crippen LogP contribution in [0.25, 0.3) is 11.1 Å². The SMILES string of the molecule is C=CC1CCC(C2CCC(C)CC2)CC1.C=CC1CCC(C2CCC(c3cc[c-]cc3)CC2)CC1.C=CC1CCC(C2CCC(c3ccc(C)c(F)c3F)CC2)CC1.C=CC1CCC(c2ccc(-c3ccc(C)c(F)c3F)cc2)CC1.[Y]. The molecule has 0 nitrogen and oxygen atoms in total. The molecule has 0 heterocycles. The van der Waals surface area contributed by atoms with Crippen LogP contribution in [0.2, 0.25) is 0 Å². The Hall–Kier alpha value is -3.34. The number of allylic oxidation sites excluding steroid dienone is 4. The molecule has 7 aliphatic carbocycles. The van der Waals surface area contributed by atoms with Crippen molar-refractivity contribution in [3.05, 3.63) is 181 Å². The van der Waals surface area contributed by atoms with Crippen molar-refractivity contribution in [1.29, 1.82) is 0 Å². The van der Waals surface area contributed by atoms with E-state index in [1.54, 1.807) is 38.1 Å². The molecule has 4 aromatic carbocycles. The molecule has 0 amide bonds. The van der Waals surface area contributed by atoms with Crippen LogP contribution >= 0.6 is 0 Å². The van der Waals surface area contributed by atoms with E-state index in [-0.39, 0.29) is 38.6 Å². The molecule has 7 aliphatic rings. The molecule has 7 fully saturated rings. The molecule has 1 radical (unpaired) electrons. The fraction of sp³-hybridized carbons (Fsp3) is 0.584. The monoisotopic (exact) mass is 1190 g/mol. The molecule has 4 aromatic rings. The van der Waals surface area contributed by atoms with Gasteiger partial charge >= 0.3 is 0 Å². The minimum atomic E-state index is -0.760. The molecule has 0 bridgehead atoms. The van der Waals surface area contributed by atoms with Gasteiger partial charge in [-0.05, 0) is 291 Å². The largest absolute Gasteiger partial charge is 0.203 e. The predicted molar refractivity (Wildman–Crippen MR) is 335 cm³/mol. The predicted octanol–water partition coefficient (Wildman–Crippen LogP) is 23.5. The maximum atomic E-state index is 14.2. The molecule has 0 atom stereocenters. The van der Waals surface area contributed by atoms with Crippen LogP contribution < -0.4 is 0 Å².